The molecular weight excluding hydrogens is 427 g/mol. The molecule has 0 N–H and O–H groups in total. The lowest BCUT2D eigenvalue weighted by Gasteiger charge is -2.13. The number of thioether (sulfide) groups is 1. The summed E-state index contributed by atoms with van der Waals surface area (Å²) in [6.45, 7) is 3.98. The Balaban J connectivity index is 1.72. The van der Waals surface area contributed by atoms with Crippen molar-refractivity contribution in [3.63, 3.8) is 0 Å². The van der Waals surface area contributed by atoms with Gasteiger partial charge in [0.25, 0.3) is 0 Å². The Morgan fingerprint density at radius 1 is 1.06 bits per heavy atom. The minimum absolute atomic E-state index is 0.00579. The maximum atomic E-state index is 13.5. The van der Waals surface area contributed by atoms with E-state index in [0.717, 1.165) is 22.6 Å². The van der Waals surface area contributed by atoms with E-state index < -0.39 is 0 Å². The SMILES string of the molecule is CCOc1ccc(C(C)=O)cc1CSc1nnc(-c2ccncc2)n1-c1ccc(F)cc1. The normalized spacial score (nSPS) is 10.8. The van der Waals surface area contributed by atoms with Crippen LogP contribution in [0.4, 0.5) is 4.39 Å². The number of Topliss-reactive ketones (excluding diaryl/α,β-unsaturated/α-hetero) is 1. The summed E-state index contributed by atoms with van der Waals surface area (Å²) in [5, 5.41) is 9.42. The van der Waals surface area contributed by atoms with Gasteiger partial charge in [-0.1, -0.05) is 11.8 Å². The van der Waals surface area contributed by atoms with Crippen molar-refractivity contribution in [2.24, 2.45) is 0 Å². The van der Waals surface area contributed by atoms with Crippen molar-refractivity contribution in [2.45, 2.75) is 24.8 Å². The number of carbonyl (C=O) groups excluding carboxylic acids is 1. The van der Waals surface area contributed by atoms with Gasteiger partial charge in [-0.15, -0.1) is 10.2 Å². The van der Waals surface area contributed by atoms with Crippen molar-refractivity contribution in [1.29, 1.82) is 0 Å². The fourth-order valence-electron chi connectivity index (χ4n) is 3.22. The standard InChI is InChI=1S/C24H21FN4O2S/c1-3-31-22-9-4-18(16(2)30)14-19(22)15-32-24-28-27-23(17-10-12-26-13-11-17)29(24)21-7-5-20(25)6-8-21/h4-14H,3,15H2,1-2H3. The van der Waals surface area contributed by atoms with Crippen molar-refractivity contribution in [2.75, 3.05) is 6.61 Å². The molecular formula is C24H21FN4O2S. The first-order chi connectivity index (χ1) is 15.6. The van der Waals surface area contributed by atoms with Gasteiger partial charge in [-0.25, -0.2) is 4.39 Å². The topological polar surface area (TPSA) is 69.9 Å². The molecule has 0 aliphatic carbocycles. The molecule has 0 aliphatic rings. The highest BCUT2D eigenvalue weighted by Crippen LogP contribution is 2.32. The van der Waals surface area contributed by atoms with Crippen molar-refractivity contribution in [3.05, 3.63) is 83.9 Å². The van der Waals surface area contributed by atoms with Crippen LogP contribution in [0.25, 0.3) is 17.1 Å². The number of nitrogens with zero attached hydrogens (tertiary/aromatic N) is 4. The number of hydrogen-bond donors (Lipinski definition) is 0. The Bertz CT molecular complexity index is 1230. The third-order valence-electron chi connectivity index (χ3n) is 4.78. The van der Waals surface area contributed by atoms with E-state index in [0.29, 0.717) is 28.9 Å². The van der Waals surface area contributed by atoms with E-state index in [2.05, 4.69) is 15.2 Å². The number of halogens is 1. The van der Waals surface area contributed by atoms with E-state index in [1.165, 1.54) is 23.9 Å². The lowest BCUT2D eigenvalue weighted by molar-refractivity contribution is 0.101. The molecule has 4 aromatic rings. The number of benzene rings is 2. The summed E-state index contributed by atoms with van der Waals surface area (Å²) < 4.78 is 21.2. The van der Waals surface area contributed by atoms with Crippen molar-refractivity contribution in [1.82, 2.24) is 19.7 Å². The molecule has 6 nitrogen and oxygen atoms in total. The van der Waals surface area contributed by atoms with E-state index in [-0.39, 0.29) is 11.6 Å². The van der Waals surface area contributed by atoms with Crippen LogP contribution < -0.4 is 4.74 Å². The molecule has 4 rings (SSSR count). The zero-order valence-corrected chi connectivity index (χ0v) is 18.5. The molecule has 32 heavy (non-hydrogen) atoms. The number of aromatic nitrogens is 4. The molecule has 2 aromatic carbocycles. The molecule has 0 radical (unpaired) electrons. The van der Waals surface area contributed by atoms with Crippen LogP contribution in [0.1, 0.15) is 29.8 Å². The molecule has 0 fully saturated rings. The van der Waals surface area contributed by atoms with Crippen LogP contribution in [0.3, 0.4) is 0 Å². The average Bonchev–Trinajstić information content (AvgIpc) is 3.23. The maximum absolute atomic E-state index is 13.5. The molecule has 0 amide bonds. The van der Waals surface area contributed by atoms with Gasteiger partial charge in [0.2, 0.25) is 0 Å². The Labute approximate surface area is 189 Å². The lowest BCUT2D eigenvalue weighted by atomic mass is 10.1. The molecule has 0 bridgehead atoms. The van der Waals surface area contributed by atoms with Crippen LogP contribution in [0.15, 0.2) is 72.1 Å². The minimum atomic E-state index is -0.316. The second-order valence-electron chi connectivity index (χ2n) is 6.95. The number of pyridine rings is 1. The zero-order valence-electron chi connectivity index (χ0n) is 17.7. The third kappa shape index (κ3) is 4.70. The largest absolute Gasteiger partial charge is 0.494 e. The Morgan fingerprint density at radius 2 is 1.81 bits per heavy atom. The lowest BCUT2D eigenvalue weighted by Crippen LogP contribution is -2.02. The predicted octanol–water partition coefficient (Wildman–Crippen LogP) is 5.36. The first-order valence-corrected chi connectivity index (χ1v) is 11.1. The third-order valence-corrected chi connectivity index (χ3v) is 5.76. The van der Waals surface area contributed by atoms with E-state index in [1.54, 1.807) is 37.5 Å². The zero-order chi connectivity index (χ0) is 22.5. The summed E-state index contributed by atoms with van der Waals surface area (Å²) in [7, 11) is 0. The Kier molecular flexibility index (Phi) is 6.61. The van der Waals surface area contributed by atoms with Crippen LogP contribution in [0.5, 0.6) is 5.75 Å². The molecule has 0 saturated heterocycles. The molecule has 2 heterocycles. The molecule has 8 heteroatoms. The molecule has 0 unspecified atom stereocenters. The highest BCUT2D eigenvalue weighted by Gasteiger charge is 2.17. The van der Waals surface area contributed by atoms with Crippen LogP contribution in [0, 0.1) is 5.82 Å². The number of hydrogen-bond acceptors (Lipinski definition) is 6. The van der Waals surface area contributed by atoms with Gasteiger partial charge in [0.05, 0.1) is 6.61 Å². The summed E-state index contributed by atoms with van der Waals surface area (Å²) in [5.41, 5.74) is 3.11. The van der Waals surface area contributed by atoms with Gasteiger partial charge in [0.15, 0.2) is 16.8 Å². The number of rotatable bonds is 8. The van der Waals surface area contributed by atoms with E-state index >= 15 is 0 Å². The maximum Gasteiger partial charge on any atom is 0.196 e. The quantitative estimate of drug-likeness (QED) is 0.267. The fraction of sp³-hybridized carbons (Fsp3) is 0.167. The van der Waals surface area contributed by atoms with Crippen LogP contribution in [-0.2, 0) is 5.75 Å². The van der Waals surface area contributed by atoms with Gasteiger partial charge >= 0.3 is 0 Å². The smallest absolute Gasteiger partial charge is 0.196 e. The monoisotopic (exact) mass is 448 g/mol. The van der Waals surface area contributed by atoms with Crippen molar-refractivity contribution >= 4 is 17.5 Å². The number of ether oxygens (including phenoxy) is 1. The molecule has 0 atom stereocenters. The van der Waals surface area contributed by atoms with Gasteiger partial charge in [0.1, 0.15) is 11.6 Å². The first kappa shape index (κ1) is 21.7. The Morgan fingerprint density at radius 3 is 2.50 bits per heavy atom. The van der Waals surface area contributed by atoms with Crippen molar-refractivity contribution in [3.8, 4) is 22.8 Å². The molecule has 162 valence electrons. The second kappa shape index (κ2) is 9.74. The average molecular weight is 449 g/mol. The van der Waals surface area contributed by atoms with Gasteiger partial charge in [0, 0.05) is 40.5 Å². The minimum Gasteiger partial charge on any atom is -0.494 e. The first-order valence-electron chi connectivity index (χ1n) is 10.1. The van der Waals surface area contributed by atoms with E-state index in [1.807, 2.05) is 35.8 Å². The van der Waals surface area contributed by atoms with Gasteiger partial charge < -0.3 is 4.74 Å². The summed E-state index contributed by atoms with van der Waals surface area (Å²) in [6, 6.07) is 15.3. The molecule has 2 aromatic heterocycles. The van der Waals surface area contributed by atoms with E-state index in [9.17, 15) is 9.18 Å². The summed E-state index contributed by atoms with van der Waals surface area (Å²) >= 11 is 1.46. The highest BCUT2D eigenvalue weighted by atomic mass is 32.2. The van der Waals surface area contributed by atoms with Crippen molar-refractivity contribution < 1.29 is 13.9 Å². The van der Waals surface area contributed by atoms with Crippen LogP contribution in [-0.4, -0.2) is 32.1 Å². The number of ketones is 1. The predicted molar refractivity (Wildman–Crippen MR) is 122 cm³/mol. The fourth-order valence-corrected chi connectivity index (χ4v) is 4.15. The molecule has 0 saturated carbocycles. The van der Waals surface area contributed by atoms with Gasteiger partial charge in [-0.2, -0.15) is 0 Å². The summed E-state index contributed by atoms with van der Waals surface area (Å²) in [6.07, 6.45) is 3.38. The highest BCUT2D eigenvalue weighted by molar-refractivity contribution is 7.98. The van der Waals surface area contributed by atoms with E-state index in [4.69, 9.17) is 4.74 Å². The second-order valence-corrected chi connectivity index (χ2v) is 7.90. The summed E-state index contributed by atoms with van der Waals surface area (Å²) in [5.74, 6) is 1.56. The number of carbonyl (C=O) groups is 1. The van der Waals surface area contributed by atoms with Gasteiger partial charge in [-0.05, 0) is 68.4 Å². The van der Waals surface area contributed by atoms with Gasteiger partial charge in [-0.3, -0.25) is 14.3 Å². The summed E-state index contributed by atoms with van der Waals surface area (Å²) in [4.78, 5) is 15.9. The van der Waals surface area contributed by atoms with Crippen LogP contribution >= 0.6 is 11.8 Å². The van der Waals surface area contributed by atoms with Crippen LogP contribution in [0.2, 0.25) is 0 Å². The Hall–Kier alpha value is -3.52. The molecule has 0 spiro atoms. The molecule has 0 aliphatic heterocycles.